The second kappa shape index (κ2) is 5.17. The average Bonchev–Trinajstić information content (AvgIpc) is 2.46. The van der Waals surface area contributed by atoms with Crippen molar-refractivity contribution in [1.29, 1.82) is 0 Å². The van der Waals surface area contributed by atoms with E-state index in [2.05, 4.69) is 30.5 Å². The summed E-state index contributed by atoms with van der Waals surface area (Å²) in [5.41, 5.74) is 9.06. The molecule has 1 aliphatic rings. The summed E-state index contributed by atoms with van der Waals surface area (Å²) in [4.78, 5) is 4.89. The van der Waals surface area contributed by atoms with Gasteiger partial charge >= 0.3 is 0 Å². The quantitative estimate of drug-likeness (QED) is 0.653. The van der Waals surface area contributed by atoms with Gasteiger partial charge in [0.15, 0.2) is 0 Å². The van der Waals surface area contributed by atoms with E-state index in [0.717, 1.165) is 41.5 Å². The second-order valence-electron chi connectivity index (χ2n) is 5.36. The van der Waals surface area contributed by atoms with Crippen LogP contribution in [-0.4, -0.2) is 4.98 Å². The molecule has 0 saturated carbocycles. The molecule has 100 valence electrons. The molecule has 3 N–H and O–H groups in total. The van der Waals surface area contributed by atoms with Crippen molar-refractivity contribution >= 4 is 16.6 Å². The molecule has 3 rings (SSSR count). The first-order chi connectivity index (χ1) is 9.33. The van der Waals surface area contributed by atoms with E-state index in [4.69, 9.17) is 10.8 Å². The number of hydrazine groups is 1. The lowest BCUT2D eigenvalue weighted by atomic mass is 9.89. The smallest absolute Gasteiger partial charge is 0.0761 e. The number of hydrogen-bond acceptors (Lipinski definition) is 3. The SMILES string of the molecule is CCCc1cc(NN)c2ccc3c(c2n1)CCCC3. The molecule has 3 heteroatoms. The number of benzene rings is 1. The van der Waals surface area contributed by atoms with Gasteiger partial charge in [-0.05, 0) is 49.3 Å². The maximum Gasteiger partial charge on any atom is 0.0761 e. The molecule has 0 bridgehead atoms. The van der Waals surface area contributed by atoms with Gasteiger partial charge in [-0.2, -0.15) is 0 Å². The third-order valence-corrected chi connectivity index (χ3v) is 4.02. The van der Waals surface area contributed by atoms with E-state index in [-0.39, 0.29) is 0 Å². The second-order valence-corrected chi connectivity index (χ2v) is 5.36. The molecule has 0 aliphatic heterocycles. The van der Waals surface area contributed by atoms with Crippen LogP contribution in [0.15, 0.2) is 18.2 Å². The van der Waals surface area contributed by atoms with E-state index >= 15 is 0 Å². The minimum Gasteiger partial charge on any atom is -0.323 e. The van der Waals surface area contributed by atoms with Crippen LogP contribution in [0.5, 0.6) is 0 Å². The van der Waals surface area contributed by atoms with Crippen LogP contribution in [0, 0.1) is 0 Å². The van der Waals surface area contributed by atoms with Crippen molar-refractivity contribution in [2.75, 3.05) is 5.43 Å². The topological polar surface area (TPSA) is 50.9 Å². The van der Waals surface area contributed by atoms with Crippen molar-refractivity contribution in [3.05, 3.63) is 35.0 Å². The normalized spacial score (nSPS) is 14.4. The Bertz CT molecular complexity index is 604. The van der Waals surface area contributed by atoms with Gasteiger partial charge in [-0.25, -0.2) is 0 Å². The van der Waals surface area contributed by atoms with Gasteiger partial charge in [-0.15, -0.1) is 0 Å². The van der Waals surface area contributed by atoms with Crippen molar-refractivity contribution in [3.8, 4) is 0 Å². The zero-order valence-corrected chi connectivity index (χ0v) is 11.5. The lowest BCUT2D eigenvalue weighted by molar-refractivity contribution is 0.688. The van der Waals surface area contributed by atoms with E-state index in [0.29, 0.717) is 0 Å². The summed E-state index contributed by atoms with van der Waals surface area (Å²) in [5, 5.41) is 1.16. The summed E-state index contributed by atoms with van der Waals surface area (Å²) in [5.74, 6) is 5.68. The first-order valence-corrected chi connectivity index (χ1v) is 7.24. The Morgan fingerprint density at radius 3 is 2.89 bits per heavy atom. The van der Waals surface area contributed by atoms with Crippen molar-refractivity contribution in [3.63, 3.8) is 0 Å². The Balaban J connectivity index is 2.25. The molecule has 19 heavy (non-hydrogen) atoms. The number of nitrogens with one attached hydrogen (secondary N) is 1. The summed E-state index contributed by atoms with van der Waals surface area (Å²) in [6.45, 7) is 2.18. The Hall–Kier alpha value is -1.61. The molecule has 1 aromatic heterocycles. The van der Waals surface area contributed by atoms with Gasteiger partial charge in [0.2, 0.25) is 0 Å². The fraction of sp³-hybridized carbons (Fsp3) is 0.438. The van der Waals surface area contributed by atoms with Crippen molar-refractivity contribution in [2.24, 2.45) is 5.84 Å². The predicted molar refractivity (Wildman–Crippen MR) is 80.2 cm³/mol. The van der Waals surface area contributed by atoms with E-state index in [9.17, 15) is 0 Å². The fourth-order valence-electron chi connectivity index (χ4n) is 3.08. The molecule has 2 aromatic rings. The first-order valence-electron chi connectivity index (χ1n) is 7.24. The number of anilines is 1. The van der Waals surface area contributed by atoms with E-state index < -0.39 is 0 Å². The number of aromatic nitrogens is 1. The van der Waals surface area contributed by atoms with Gasteiger partial charge in [0.1, 0.15) is 0 Å². The van der Waals surface area contributed by atoms with E-state index in [1.807, 2.05) is 0 Å². The number of nitrogen functional groups attached to an aromatic ring is 1. The van der Waals surface area contributed by atoms with E-state index in [1.54, 1.807) is 0 Å². The van der Waals surface area contributed by atoms with Crippen LogP contribution in [0.3, 0.4) is 0 Å². The molecule has 1 heterocycles. The molecule has 1 aliphatic carbocycles. The maximum atomic E-state index is 5.68. The van der Waals surface area contributed by atoms with Gasteiger partial charge < -0.3 is 5.43 Å². The summed E-state index contributed by atoms with van der Waals surface area (Å²) < 4.78 is 0. The Labute approximate surface area is 114 Å². The number of fused-ring (bicyclic) bond motifs is 3. The van der Waals surface area contributed by atoms with Gasteiger partial charge in [0, 0.05) is 11.1 Å². The number of hydrogen-bond donors (Lipinski definition) is 2. The highest BCUT2D eigenvalue weighted by Gasteiger charge is 2.15. The summed E-state index contributed by atoms with van der Waals surface area (Å²) in [7, 11) is 0. The number of nitrogens with two attached hydrogens (primary N) is 1. The molecule has 3 nitrogen and oxygen atoms in total. The highest BCUT2D eigenvalue weighted by molar-refractivity contribution is 5.94. The molecule has 0 saturated heterocycles. The Morgan fingerprint density at radius 1 is 1.26 bits per heavy atom. The first kappa shape index (κ1) is 12.4. The minimum absolute atomic E-state index is 1.00. The maximum absolute atomic E-state index is 5.68. The highest BCUT2D eigenvalue weighted by atomic mass is 15.2. The van der Waals surface area contributed by atoms with E-state index in [1.165, 1.54) is 30.4 Å². The minimum atomic E-state index is 1.00. The largest absolute Gasteiger partial charge is 0.323 e. The monoisotopic (exact) mass is 255 g/mol. The standard InChI is InChI=1S/C16H21N3/c1-2-5-12-10-15(19-17)14-9-8-11-6-3-4-7-13(11)16(14)18-12/h8-10H,2-7,17H2,1H3,(H,18,19). The lowest BCUT2D eigenvalue weighted by Gasteiger charge is -2.19. The number of pyridine rings is 1. The molecule has 0 radical (unpaired) electrons. The van der Waals surface area contributed by atoms with Crippen LogP contribution < -0.4 is 11.3 Å². The Kier molecular flexibility index (Phi) is 3.38. The molecule has 1 aromatic carbocycles. The van der Waals surface area contributed by atoms with Crippen LogP contribution in [0.4, 0.5) is 5.69 Å². The van der Waals surface area contributed by atoms with Crippen molar-refractivity contribution in [2.45, 2.75) is 45.4 Å². The number of aryl methyl sites for hydroxylation is 3. The zero-order chi connectivity index (χ0) is 13.2. The number of nitrogens with zero attached hydrogens (tertiary/aromatic N) is 1. The van der Waals surface area contributed by atoms with Crippen LogP contribution in [-0.2, 0) is 19.3 Å². The molecule has 0 unspecified atom stereocenters. The van der Waals surface area contributed by atoms with Crippen molar-refractivity contribution < 1.29 is 0 Å². The summed E-state index contributed by atoms with van der Waals surface area (Å²) >= 11 is 0. The highest BCUT2D eigenvalue weighted by Crippen LogP contribution is 2.32. The average molecular weight is 255 g/mol. The van der Waals surface area contributed by atoms with Crippen molar-refractivity contribution in [1.82, 2.24) is 4.98 Å². The summed E-state index contributed by atoms with van der Waals surface area (Å²) in [6.07, 6.45) is 7.04. The molecule has 0 amide bonds. The van der Waals surface area contributed by atoms with Gasteiger partial charge in [-0.1, -0.05) is 25.5 Å². The molecular formula is C16H21N3. The molecule has 0 atom stereocenters. The Morgan fingerprint density at radius 2 is 2.11 bits per heavy atom. The third kappa shape index (κ3) is 2.19. The van der Waals surface area contributed by atoms with Crippen LogP contribution in [0.2, 0.25) is 0 Å². The zero-order valence-electron chi connectivity index (χ0n) is 11.5. The van der Waals surface area contributed by atoms with Crippen LogP contribution >= 0.6 is 0 Å². The molecular weight excluding hydrogens is 234 g/mol. The lowest BCUT2D eigenvalue weighted by Crippen LogP contribution is -2.10. The van der Waals surface area contributed by atoms with Crippen LogP contribution in [0.25, 0.3) is 10.9 Å². The number of rotatable bonds is 3. The molecule has 0 spiro atoms. The van der Waals surface area contributed by atoms with Crippen LogP contribution in [0.1, 0.15) is 43.0 Å². The molecule has 0 fully saturated rings. The fourth-order valence-corrected chi connectivity index (χ4v) is 3.08. The predicted octanol–water partition coefficient (Wildman–Crippen LogP) is 3.35. The van der Waals surface area contributed by atoms with Gasteiger partial charge in [-0.3, -0.25) is 10.8 Å². The van der Waals surface area contributed by atoms with Gasteiger partial charge in [0.25, 0.3) is 0 Å². The summed E-state index contributed by atoms with van der Waals surface area (Å²) in [6, 6.07) is 6.50. The van der Waals surface area contributed by atoms with Gasteiger partial charge in [0.05, 0.1) is 11.2 Å². The third-order valence-electron chi connectivity index (χ3n) is 4.02.